The van der Waals surface area contributed by atoms with Crippen molar-refractivity contribution in [3.8, 4) is 0 Å². The molecule has 6 heteroatoms. The van der Waals surface area contributed by atoms with E-state index in [9.17, 15) is 0 Å². The van der Waals surface area contributed by atoms with Crippen LogP contribution >= 0.6 is 0 Å². The standard InChI is InChI=1S/C8H18N4O2/c1-7(2,5-11-9)13-14-8(3,4)6-12-10/h9-10H,5-6H2,1-4H3. The van der Waals surface area contributed by atoms with Crippen molar-refractivity contribution in [1.29, 1.82) is 11.1 Å². The van der Waals surface area contributed by atoms with Gasteiger partial charge in [-0.05, 0) is 27.7 Å². The van der Waals surface area contributed by atoms with Gasteiger partial charge in [0.25, 0.3) is 0 Å². The first-order chi connectivity index (χ1) is 6.33. The van der Waals surface area contributed by atoms with Crippen molar-refractivity contribution in [3.05, 3.63) is 0 Å². The van der Waals surface area contributed by atoms with Crippen LogP contribution in [0.3, 0.4) is 0 Å². The molecule has 0 aliphatic rings. The molecule has 0 saturated carbocycles. The van der Waals surface area contributed by atoms with Gasteiger partial charge in [0.1, 0.15) is 11.2 Å². The lowest BCUT2D eigenvalue weighted by Gasteiger charge is -2.27. The molecule has 0 aromatic carbocycles. The molecular weight excluding hydrogens is 184 g/mol. The van der Waals surface area contributed by atoms with Crippen molar-refractivity contribution in [2.45, 2.75) is 38.9 Å². The van der Waals surface area contributed by atoms with Gasteiger partial charge in [-0.3, -0.25) is 0 Å². The van der Waals surface area contributed by atoms with E-state index in [-0.39, 0.29) is 13.1 Å². The fourth-order valence-electron chi connectivity index (χ4n) is 0.659. The molecule has 0 rings (SSSR count). The maximum Gasteiger partial charge on any atom is 0.119 e. The molecule has 0 fully saturated rings. The summed E-state index contributed by atoms with van der Waals surface area (Å²) in [6, 6.07) is 0. The van der Waals surface area contributed by atoms with Crippen molar-refractivity contribution >= 4 is 0 Å². The summed E-state index contributed by atoms with van der Waals surface area (Å²) in [5.41, 5.74) is 12.2. The lowest BCUT2D eigenvalue weighted by Crippen LogP contribution is -2.36. The Morgan fingerprint density at radius 2 is 1.14 bits per heavy atom. The summed E-state index contributed by atoms with van der Waals surface area (Å²) in [5.74, 6) is 0. The molecule has 2 N–H and O–H groups in total. The van der Waals surface area contributed by atoms with Gasteiger partial charge in [0.05, 0.1) is 13.1 Å². The minimum absolute atomic E-state index is 0.237. The highest BCUT2D eigenvalue weighted by molar-refractivity contribution is 4.71. The minimum Gasteiger partial charge on any atom is -0.228 e. The highest BCUT2D eigenvalue weighted by Gasteiger charge is 2.26. The largest absolute Gasteiger partial charge is 0.228 e. The van der Waals surface area contributed by atoms with Crippen molar-refractivity contribution in [2.75, 3.05) is 13.1 Å². The van der Waals surface area contributed by atoms with Crippen LogP contribution in [0.15, 0.2) is 10.2 Å². The van der Waals surface area contributed by atoms with Gasteiger partial charge in [0, 0.05) is 0 Å². The van der Waals surface area contributed by atoms with E-state index >= 15 is 0 Å². The normalized spacial score (nSPS) is 12.6. The van der Waals surface area contributed by atoms with Crippen LogP contribution in [0.25, 0.3) is 0 Å². The van der Waals surface area contributed by atoms with Crippen molar-refractivity contribution in [3.63, 3.8) is 0 Å². The van der Waals surface area contributed by atoms with Crippen molar-refractivity contribution < 1.29 is 9.78 Å². The monoisotopic (exact) mass is 202 g/mol. The van der Waals surface area contributed by atoms with E-state index in [1.54, 1.807) is 27.7 Å². The smallest absolute Gasteiger partial charge is 0.119 e. The summed E-state index contributed by atoms with van der Waals surface area (Å²) in [6.07, 6.45) is 0. The van der Waals surface area contributed by atoms with Crippen LogP contribution < -0.4 is 0 Å². The van der Waals surface area contributed by atoms with Gasteiger partial charge in [-0.2, -0.15) is 10.2 Å². The number of nitrogens with zero attached hydrogens (tertiary/aromatic N) is 2. The average molecular weight is 202 g/mol. The van der Waals surface area contributed by atoms with Gasteiger partial charge in [-0.1, -0.05) is 0 Å². The van der Waals surface area contributed by atoms with Crippen LogP contribution in [-0.4, -0.2) is 24.3 Å². The Balaban J connectivity index is 4.02. The van der Waals surface area contributed by atoms with E-state index < -0.39 is 11.2 Å². The van der Waals surface area contributed by atoms with E-state index in [1.165, 1.54) is 0 Å². The van der Waals surface area contributed by atoms with Crippen LogP contribution in [-0.2, 0) is 9.78 Å². The zero-order valence-electron chi connectivity index (χ0n) is 9.13. The minimum atomic E-state index is -0.624. The van der Waals surface area contributed by atoms with E-state index in [2.05, 4.69) is 10.2 Å². The second-order valence-electron chi connectivity index (χ2n) is 4.32. The summed E-state index contributed by atoms with van der Waals surface area (Å²) < 4.78 is 0. The molecule has 0 unspecified atom stereocenters. The topological polar surface area (TPSA) is 90.9 Å². The molecule has 0 bridgehead atoms. The summed E-state index contributed by atoms with van der Waals surface area (Å²) in [4.78, 5) is 10.3. The van der Waals surface area contributed by atoms with E-state index in [4.69, 9.17) is 20.8 Å². The summed E-state index contributed by atoms with van der Waals surface area (Å²) in [5, 5.41) is 6.48. The van der Waals surface area contributed by atoms with E-state index in [0.717, 1.165) is 0 Å². The molecule has 0 amide bonds. The second-order valence-corrected chi connectivity index (χ2v) is 4.32. The first kappa shape index (κ1) is 13.1. The summed E-state index contributed by atoms with van der Waals surface area (Å²) in [6.45, 7) is 7.58. The molecule has 0 heterocycles. The number of nitrogens with one attached hydrogen (secondary N) is 2. The zero-order chi connectivity index (χ0) is 11.2. The Hall–Kier alpha value is -0.880. The van der Waals surface area contributed by atoms with Crippen LogP contribution in [0, 0.1) is 11.1 Å². The molecule has 0 atom stereocenters. The Bertz CT molecular complexity index is 182. The molecule has 82 valence electrons. The molecule has 0 spiro atoms. The van der Waals surface area contributed by atoms with Gasteiger partial charge >= 0.3 is 0 Å². The van der Waals surface area contributed by atoms with Crippen LogP contribution in [0.4, 0.5) is 0 Å². The van der Waals surface area contributed by atoms with Gasteiger partial charge in [0.2, 0.25) is 0 Å². The van der Waals surface area contributed by atoms with Gasteiger partial charge in [-0.15, -0.1) is 0 Å². The Kier molecular flexibility index (Phi) is 4.79. The average Bonchev–Trinajstić information content (AvgIpc) is 2.01. The molecule has 0 aliphatic heterocycles. The maximum atomic E-state index is 6.71. The maximum absolute atomic E-state index is 6.71. The summed E-state index contributed by atoms with van der Waals surface area (Å²) in [7, 11) is 0. The Morgan fingerprint density at radius 1 is 0.857 bits per heavy atom. The predicted octanol–water partition coefficient (Wildman–Crippen LogP) is 2.55. The molecule has 0 aromatic heterocycles. The molecule has 14 heavy (non-hydrogen) atoms. The molecule has 0 aliphatic carbocycles. The number of hydrogen-bond acceptors (Lipinski definition) is 6. The first-order valence-corrected chi connectivity index (χ1v) is 4.36. The summed E-state index contributed by atoms with van der Waals surface area (Å²) >= 11 is 0. The first-order valence-electron chi connectivity index (χ1n) is 4.36. The second kappa shape index (κ2) is 5.11. The third-order valence-corrected chi connectivity index (χ3v) is 1.41. The lowest BCUT2D eigenvalue weighted by atomic mass is 10.1. The Labute approximate surface area is 83.9 Å². The molecule has 0 saturated heterocycles. The zero-order valence-corrected chi connectivity index (χ0v) is 9.13. The fourth-order valence-corrected chi connectivity index (χ4v) is 0.659. The van der Waals surface area contributed by atoms with Gasteiger partial charge in [-0.25, -0.2) is 20.8 Å². The van der Waals surface area contributed by atoms with Crippen LogP contribution in [0.2, 0.25) is 0 Å². The third-order valence-electron chi connectivity index (χ3n) is 1.41. The quantitative estimate of drug-likeness (QED) is 0.377. The van der Waals surface area contributed by atoms with E-state index in [1.807, 2.05) is 0 Å². The van der Waals surface area contributed by atoms with Crippen molar-refractivity contribution in [2.24, 2.45) is 10.2 Å². The van der Waals surface area contributed by atoms with Crippen LogP contribution in [0.5, 0.6) is 0 Å². The van der Waals surface area contributed by atoms with E-state index in [0.29, 0.717) is 0 Å². The molecule has 6 nitrogen and oxygen atoms in total. The predicted molar refractivity (Wildman–Crippen MR) is 50.4 cm³/mol. The fraction of sp³-hybridized carbons (Fsp3) is 1.00. The molecule has 0 radical (unpaired) electrons. The third kappa shape index (κ3) is 5.71. The number of hydrogen-bond donors (Lipinski definition) is 2. The van der Waals surface area contributed by atoms with Gasteiger partial charge < -0.3 is 0 Å². The molecule has 0 aromatic rings. The highest BCUT2D eigenvalue weighted by atomic mass is 17.2. The lowest BCUT2D eigenvalue weighted by molar-refractivity contribution is -0.396. The SMILES string of the molecule is CC(C)(CN=N)OOC(C)(C)CN=N. The van der Waals surface area contributed by atoms with Crippen LogP contribution in [0.1, 0.15) is 27.7 Å². The Morgan fingerprint density at radius 3 is 1.36 bits per heavy atom. The molecular formula is C8H18N4O2. The van der Waals surface area contributed by atoms with Crippen molar-refractivity contribution in [1.82, 2.24) is 0 Å². The number of rotatable bonds is 7. The highest BCUT2D eigenvalue weighted by Crippen LogP contribution is 2.17. The van der Waals surface area contributed by atoms with Gasteiger partial charge in [0.15, 0.2) is 0 Å².